The summed E-state index contributed by atoms with van der Waals surface area (Å²) in [6.07, 6.45) is 10.6. The van der Waals surface area contributed by atoms with E-state index in [0.29, 0.717) is 30.5 Å². The van der Waals surface area contributed by atoms with E-state index in [9.17, 15) is 4.79 Å². The van der Waals surface area contributed by atoms with E-state index in [2.05, 4.69) is 21.4 Å². The van der Waals surface area contributed by atoms with Crippen LogP contribution in [0, 0.1) is 11.8 Å². The number of nitrogens with zero attached hydrogens (tertiary/aromatic N) is 3. The van der Waals surface area contributed by atoms with Gasteiger partial charge in [-0.1, -0.05) is 24.5 Å². The third kappa shape index (κ3) is 3.72. The lowest BCUT2D eigenvalue weighted by atomic mass is 9.75. The topological polar surface area (TPSA) is 91.9 Å². The van der Waals surface area contributed by atoms with E-state index >= 15 is 0 Å². The average molecular weight is 348 g/mol. The van der Waals surface area contributed by atoms with Gasteiger partial charge in [-0.25, -0.2) is 4.68 Å². The average Bonchev–Trinajstić information content (AvgIpc) is 3.10. The molecule has 1 aromatic rings. The minimum Gasteiger partial charge on any atom is -0.353 e. The van der Waals surface area contributed by atoms with Gasteiger partial charge in [0.05, 0.1) is 31.7 Å². The molecule has 4 fully saturated rings. The second kappa shape index (κ2) is 7.41. The van der Waals surface area contributed by atoms with Crippen molar-refractivity contribution in [2.24, 2.45) is 11.8 Å². The molecule has 3 aliphatic heterocycles. The van der Waals surface area contributed by atoms with E-state index < -0.39 is 0 Å². The molecule has 7 nitrogen and oxygen atoms in total. The fraction of sp³-hybridized carbons (Fsp3) is 0.833. The van der Waals surface area contributed by atoms with Crippen LogP contribution in [0.5, 0.6) is 0 Å². The Morgan fingerprint density at radius 1 is 1.32 bits per heavy atom. The monoisotopic (exact) mass is 348 g/mol. The molecule has 5 rings (SSSR count). The molecule has 4 heterocycles. The maximum atomic E-state index is 12.8. The van der Waals surface area contributed by atoms with Crippen LogP contribution in [0.4, 0.5) is 0 Å². The zero-order chi connectivity index (χ0) is 17.2. The molecule has 1 aromatic heterocycles. The lowest BCUT2D eigenvalue weighted by Crippen LogP contribution is -3.20. The summed E-state index contributed by atoms with van der Waals surface area (Å²) in [7, 11) is 0. The van der Waals surface area contributed by atoms with Gasteiger partial charge in [-0.15, -0.1) is 5.10 Å². The molecule has 1 unspecified atom stereocenters. The van der Waals surface area contributed by atoms with Crippen LogP contribution in [0.15, 0.2) is 6.20 Å². The molecule has 3 saturated heterocycles. The molecule has 4 aliphatic rings. The smallest absolute Gasteiger partial charge is 0.229 e. The van der Waals surface area contributed by atoms with Gasteiger partial charge in [0.25, 0.3) is 0 Å². The molecule has 5 N–H and O–H groups in total. The Kier molecular flexibility index (Phi) is 5.03. The molecule has 138 valence electrons. The van der Waals surface area contributed by atoms with Crippen LogP contribution in [0.2, 0.25) is 0 Å². The molecule has 0 aromatic carbocycles. The number of hydrogen-bond donors (Lipinski definition) is 3. The predicted octanol–water partition coefficient (Wildman–Crippen LogP) is -1.24. The lowest BCUT2D eigenvalue weighted by Gasteiger charge is -2.46. The summed E-state index contributed by atoms with van der Waals surface area (Å²) in [5, 5.41) is 11.7. The molecule has 2 bridgehead atoms. The molecule has 4 atom stereocenters. The number of amides is 1. The van der Waals surface area contributed by atoms with Gasteiger partial charge < -0.3 is 16.0 Å². The van der Waals surface area contributed by atoms with E-state index in [0.717, 1.165) is 25.2 Å². The molecule has 1 saturated carbocycles. The van der Waals surface area contributed by atoms with Crippen molar-refractivity contribution in [3.8, 4) is 0 Å². The minimum absolute atomic E-state index is 0.216. The Morgan fingerprint density at radius 3 is 2.84 bits per heavy atom. The highest BCUT2D eigenvalue weighted by Crippen LogP contribution is 2.28. The van der Waals surface area contributed by atoms with Crippen LogP contribution >= 0.6 is 0 Å². The van der Waals surface area contributed by atoms with Gasteiger partial charge in [0.2, 0.25) is 5.91 Å². The first-order valence-corrected chi connectivity index (χ1v) is 10.1. The van der Waals surface area contributed by atoms with Crippen molar-refractivity contribution in [3.63, 3.8) is 0 Å². The second-order valence-corrected chi connectivity index (χ2v) is 8.23. The van der Waals surface area contributed by atoms with Crippen LogP contribution in [0.3, 0.4) is 0 Å². The van der Waals surface area contributed by atoms with Crippen LogP contribution in [-0.4, -0.2) is 46.1 Å². The van der Waals surface area contributed by atoms with Crippen molar-refractivity contribution >= 4 is 5.91 Å². The number of hydrogen-bond acceptors (Lipinski definition) is 3. The third-order valence-corrected chi connectivity index (χ3v) is 6.59. The summed E-state index contributed by atoms with van der Waals surface area (Å²) in [5.74, 6) is 1.09. The summed E-state index contributed by atoms with van der Waals surface area (Å²) in [4.78, 5) is 14.4. The first-order chi connectivity index (χ1) is 12.2. The Bertz CT molecular complexity index is 596. The third-order valence-electron chi connectivity index (χ3n) is 6.59. The van der Waals surface area contributed by atoms with Gasteiger partial charge in [-0.2, -0.15) is 0 Å². The van der Waals surface area contributed by atoms with Crippen LogP contribution in [-0.2, 0) is 17.9 Å². The van der Waals surface area contributed by atoms with Gasteiger partial charge in [0, 0.05) is 18.9 Å². The molecule has 0 spiro atoms. The van der Waals surface area contributed by atoms with E-state index in [1.165, 1.54) is 45.1 Å². The lowest BCUT2D eigenvalue weighted by molar-refractivity contribution is -0.945. The molecule has 0 radical (unpaired) electrons. The first kappa shape index (κ1) is 17.0. The van der Waals surface area contributed by atoms with Gasteiger partial charge in [0.1, 0.15) is 18.3 Å². The Hall–Kier alpha value is -1.47. The highest BCUT2D eigenvalue weighted by Gasteiger charge is 2.46. The van der Waals surface area contributed by atoms with Gasteiger partial charge in [-0.3, -0.25) is 4.79 Å². The molecule has 1 aliphatic carbocycles. The highest BCUT2D eigenvalue weighted by atomic mass is 16.2. The summed E-state index contributed by atoms with van der Waals surface area (Å²) in [6, 6.07) is 0.996. The van der Waals surface area contributed by atoms with Crippen molar-refractivity contribution in [1.82, 2.24) is 20.3 Å². The minimum atomic E-state index is 0.216. The predicted molar refractivity (Wildman–Crippen MR) is 92.3 cm³/mol. The fourth-order valence-electron chi connectivity index (χ4n) is 5.14. The standard InChI is InChI=1S/C18H30N6O/c19-9-15-10-24(22-21-15)11-16-8-13-6-7-23(16)12-17(13)18(25)20-14-4-2-1-3-5-14/h10,13-14,16-17H,1-9,11-12,19H2,(H,20,25)/p+2/t13-,16+,17-/m0/s1. The number of quaternary nitrogens is 2. The zero-order valence-corrected chi connectivity index (χ0v) is 15.1. The Morgan fingerprint density at radius 2 is 2.16 bits per heavy atom. The number of fused-ring (bicyclic) bond motifs is 3. The largest absolute Gasteiger partial charge is 0.353 e. The maximum Gasteiger partial charge on any atom is 0.229 e. The molecule has 25 heavy (non-hydrogen) atoms. The highest BCUT2D eigenvalue weighted by molar-refractivity contribution is 5.79. The number of rotatable bonds is 5. The summed E-state index contributed by atoms with van der Waals surface area (Å²) >= 11 is 0. The molecule has 1 amide bonds. The molecular weight excluding hydrogens is 316 g/mol. The van der Waals surface area contributed by atoms with Crippen LogP contribution in [0.1, 0.15) is 50.6 Å². The van der Waals surface area contributed by atoms with E-state index in [4.69, 9.17) is 0 Å². The number of carbonyl (C=O) groups is 1. The number of aromatic nitrogens is 3. The second-order valence-electron chi connectivity index (χ2n) is 8.23. The zero-order valence-electron chi connectivity index (χ0n) is 15.1. The SMILES string of the molecule is [NH3+]Cc1cn(C[C@H]2C[C@@H]3CC[NH+]2C[C@@H]3C(=O)NC2CCCCC2)nn1. The van der Waals surface area contributed by atoms with Gasteiger partial charge in [-0.05, 0) is 18.8 Å². The van der Waals surface area contributed by atoms with Crippen molar-refractivity contribution in [3.05, 3.63) is 11.9 Å². The van der Waals surface area contributed by atoms with Gasteiger partial charge in [0.15, 0.2) is 0 Å². The Balaban J connectivity index is 1.33. The fourth-order valence-corrected chi connectivity index (χ4v) is 5.14. The van der Waals surface area contributed by atoms with E-state index in [1.54, 1.807) is 4.90 Å². The van der Waals surface area contributed by atoms with Gasteiger partial charge >= 0.3 is 0 Å². The molecular formula is C18H32N6O+2. The van der Waals surface area contributed by atoms with Crippen molar-refractivity contribution in [1.29, 1.82) is 0 Å². The van der Waals surface area contributed by atoms with Crippen LogP contribution < -0.4 is 16.0 Å². The van der Waals surface area contributed by atoms with Crippen LogP contribution in [0.25, 0.3) is 0 Å². The number of carbonyl (C=O) groups excluding carboxylic acids is 1. The van der Waals surface area contributed by atoms with E-state index in [-0.39, 0.29) is 5.92 Å². The normalized spacial score (nSPS) is 32.7. The summed E-state index contributed by atoms with van der Waals surface area (Å²) < 4.78 is 1.97. The van der Waals surface area contributed by atoms with Crippen molar-refractivity contribution in [2.75, 3.05) is 13.1 Å². The van der Waals surface area contributed by atoms with Crippen molar-refractivity contribution in [2.45, 2.75) is 70.1 Å². The number of piperidine rings is 3. The summed E-state index contributed by atoms with van der Waals surface area (Å²) in [6.45, 7) is 3.78. The first-order valence-electron chi connectivity index (χ1n) is 10.1. The maximum absolute atomic E-state index is 12.8. The molecule has 7 heteroatoms. The quantitative estimate of drug-likeness (QED) is 0.622. The van der Waals surface area contributed by atoms with E-state index in [1.807, 2.05) is 10.9 Å². The Labute approximate surface area is 149 Å². The van der Waals surface area contributed by atoms with Crippen molar-refractivity contribution < 1.29 is 15.4 Å². The summed E-state index contributed by atoms with van der Waals surface area (Å²) in [5.41, 5.74) is 4.82. The number of nitrogens with one attached hydrogen (secondary N) is 2.